The summed E-state index contributed by atoms with van der Waals surface area (Å²) in [4.78, 5) is 23.7. The number of benzene rings is 1. The van der Waals surface area contributed by atoms with Crippen molar-refractivity contribution in [2.45, 2.75) is 44.5 Å². The summed E-state index contributed by atoms with van der Waals surface area (Å²) in [5.74, 6) is -12.6. The zero-order valence-corrected chi connectivity index (χ0v) is 16.8. The molecule has 0 amide bonds. The van der Waals surface area contributed by atoms with E-state index in [0.29, 0.717) is 6.07 Å². The summed E-state index contributed by atoms with van der Waals surface area (Å²) in [5, 5.41) is 9.82. The normalized spacial score (nSPS) is 13.9. The third-order valence-corrected chi connectivity index (χ3v) is 3.57. The Morgan fingerprint density at radius 2 is 1.35 bits per heavy atom. The van der Waals surface area contributed by atoms with Gasteiger partial charge in [0.25, 0.3) is 0 Å². The summed E-state index contributed by atoms with van der Waals surface area (Å²) < 4.78 is 145. The van der Waals surface area contributed by atoms with Crippen LogP contribution in [0.4, 0.5) is 43.9 Å². The summed E-state index contributed by atoms with van der Waals surface area (Å²) >= 11 is 0. The third-order valence-electron chi connectivity index (χ3n) is 3.57. The quantitative estimate of drug-likeness (QED) is 0.350. The van der Waals surface area contributed by atoms with Crippen LogP contribution in [0, 0.1) is 0 Å². The molecule has 0 bridgehead atoms. The minimum absolute atomic E-state index is 0.155. The Morgan fingerprint density at radius 3 is 1.79 bits per heavy atom. The molecule has 0 aliphatic rings. The number of hydrogen-bond acceptors (Lipinski definition) is 7. The highest BCUT2D eigenvalue weighted by Gasteiger charge is 2.76. The number of phenols is 1. The van der Waals surface area contributed by atoms with Crippen LogP contribution in [0.5, 0.6) is 11.5 Å². The van der Waals surface area contributed by atoms with Crippen LogP contribution in [0.2, 0.25) is 0 Å². The van der Waals surface area contributed by atoms with Crippen molar-refractivity contribution in [2.24, 2.45) is 0 Å². The molecule has 1 atom stereocenters. The molecular weight excluding hydrogens is 506 g/mol. The van der Waals surface area contributed by atoms with Gasteiger partial charge in [0.1, 0.15) is 22.6 Å². The molecule has 1 N–H and O–H groups in total. The summed E-state index contributed by atoms with van der Waals surface area (Å²) in [6.45, 7) is 1.81. The van der Waals surface area contributed by atoms with E-state index in [-0.39, 0.29) is 12.7 Å². The van der Waals surface area contributed by atoms with Gasteiger partial charge in [-0.25, -0.2) is 14.0 Å². The van der Waals surface area contributed by atoms with Crippen molar-refractivity contribution in [3.05, 3.63) is 23.3 Å². The fourth-order valence-corrected chi connectivity index (χ4v) is 2.02. The van der Waals surface area contributed by atoms with E-state index in [0.717, 1.165) is 0 Å². The maximum absolute atomic E-state index is 14.0. The van der Waals surface area contributed by atoms with Gasteiger partial charge in [0.2, 0.25) is 0 Å². The summed E-state index contributed by atoms with van der Waals surface area (Å²) in [6, 6.07) is 0.457. The largest absolute Gasteiger partial charge is 0.507 e. The molecule has 1 unspecified atom stereocenters. The standard InChI is InChI=1S/C17H14F10O7/c1-3-31-11(29)7-6-10(8(5-9(7)28)12(30)32-4-2)33-14(19,20)13(18)34-17(26,27)15(21,22)16(23,24)25/h5-6,13,28H,3-4H2,1-2H3. The molecule has 17 heteroatoms. The number of rotatable bonds is 10. The molecule has 0 saturated carbocycles. The van der Waals surface area contributed by atoms with E-state index in [1.165, 1.54) is 13.8 Å². The molecule has 194 valence electrons. The highest BCUT2D eigenvalue weighted by atomic mass is 19.4. The summed E-state index contributed by atoms with van der Waals surface area (Å²) in [5.41, 5.74) is -2.11. The van der Waals surface area contributed by atoms with Gasteiger partial charge in [0.15, 0.2) is 0 Å². The highest BCUT2D eigenvalue weighted by molar-refractivity contribution is 5.98. The lowest BCUT2D eigenvalue weighted by atomic mass is 10.1. The topological polar surface area (TPSA) is 91.3 Å². The lowest BCUT2D eigenvalue weighted by Crippen LogP contribution is -2.56. The lowest BCUT2D eigenvalue weighted by Gasteiger charge is -2.30. The molecule has 0 radical (unpaired) electrons. The van der Waals surface area contributed by atoms with Gasteiger partial charge in [0, 0.05) is 0 Å². The van der Waals surface area contributed by atoms with Crippen molar-refractivity contribution in [3.8, 4) is 11.5 Å². The number of esters is 2. The van der Waals surface area contributed by atoms with E-state index in [9.17, 15) is 58.6 Å². The molecule has 1 aromatic rings. The molecule has 0 heterocycles. The zero-order valence-electron chi connectivity index (χ0n) is 16.8. The zero-order chi connectivity index (χ0) is 26.7. The fraction of sp³-hybridized carbons (Fsp3) is 0.529. The van der Waals surface area contributed by atoms with Crippen molar-refractivity contribution in [1.82, 2.24) is 0 Å². The molecule has 1 aromatic carbocycles. The van der Waals surface area contributed by atoms with E-state index in [4.69, 9.17) is 0 Å². The van der Waals surface area contributed by atoms with E-state index < -0.39 is 71.8 Å². The fourth-order valence-electron chi connectivity index (χ4n) is 2.02. The Labute approximate surface area is 183 Å². The molecular formula is C17H14F10O7. The molecule has 0 aliphatic heterocycles. The van der Waals surface area contributed by atoms with Gasteiger partial charge in [-0.2, -0.15) is 39.5 Å². The minimum atomic E-state index is -7.09. The van der Waals surface area contributed by atoms with E-state index >= 15 is 0 Å². The van der Waals surface area contributed by atoms with Gasteiger partial charge in [-0.15, -0.1) is 0 Å². The van der Waals surface area contributed by atoms with Crippen LogP contribution in [0.1, 0.15) is 34.6 Å². The highest BCUT2D eigenvalue weighted by Crippen LogP contribution is 2.48. The van der Waals surface area contributed by atoms with Crippen LogP contribution in [-0.4, -0.2) is 60.9 Å². The summed E-state index contributed by atoms with van der Waals surface area (Å²) in [6.07, 6.45) is -24.6. The molecule has 0 aromatic heterocycles. The van der Waals surface area contributed by atoms with Crippen molar-refractivity contribution in [3.63, 3.8) is 0 Å². The number of aromatic hydroxyl groups is 1. The van der Waals surface area contributed by atoms with Crippen molar-refractivity contribution < 1.29 is 77.5 Å². The monoisotopic (exact) mass is 520 g/mol. The number of ether oxygens (including phenoxy) is 4. The van der Waals surface area contributed by atoms with Crippen LogP contribution in [0.25, 0.3) is 0 Å². The van der Waals surface area contributed by atoms with Gasteiger partial charge in [-0.1, -0.05) is 0 Å². The Bertz CT molecular complexity index is 901. The second-order valence-corrected chi connectivity index (χ2v) is 5.99. The SMILES string of the molecule is CCOC(=O)c1cc(OC(F)(F)C(F)OC(F)(F)C(F)(F)C(F)(F)F)c(C(=O)OCC)cc1O. The number of alkyl halides is 10. The maximum atomic E-state index is 14.0. The molecule has 1 rings (SSSR count). The smallest absolute Gasteiger partial charge is 0.462 e. The number of halogens is 10. The molecule has 0 fully saturated rings. The summed E-state index contributed by atoms with van der Waals surface area (Å²) in [7, 11) is 0. The average Bonchev–Trinajstić information content (AvgIpc) is 2.67. The van der Waals surface area contributed by atoms with E-state index in [2.05, 4.69) is 18.9 Å². The molecule has 34 heavy (non-hydrogen) atoms. The maximum Gasteiger partial charge on any atom is 0.462 e. The molecule has 0 saturated heterocycles. The number of carbonyl (C=O) groups excluding carboxylic acids is 2. The number of carbonyl (C=O) groups is 2. The molecule has 0 spiro atoms. The second-order valence-electron chi connectivity index (χ2n) is 5.99. The van der Waals surface area contributed by atoms with Gasteiger partial charge in [-0.3, -0.25) is 4.74 Å². The number of phenolic OH excluding ortho intramolecular Hbond substituents is 1. The van der Waals surface area contributed by atoms with Gasteiger partial charge >= 0.3 is 42.6 Å². The number of hydrogen-bond donors (Lipinski definition) is 1. The van der Waals surface area contributed by atoms with Crippen LogP contribution >= 0.6 is 0 Å². The van der Waals surface area contributed by atoms with Gasteiger partial charge in [0.05, 0.1) is 13.2 Å². The van der Waals surface area contributed by atoms with Crippen LogP contribution < -0.4 is 4.74 Å². The van der Waals surface area contributed by atoms with Crippen molar-refractivity contribution in [2.75, 3.05) is 13.2 Å². The first-order valence-electron chi connectivity index (χ1n) is 8.74. The Kier molecular flexibility index (Phi) is 8.63. The lowest BCUT2D eigenvalue weighted by molar-refractivity contribution is -0.460. The van der Waals surface area contributed by atoms with Crippen LogP contribution in [0.3, 0.4) is 0 Å². The first kappa shape index (κ1) is 29.1. The molecule has 7 nitrogen and oxygen atoms in total. The molecule has 0 aliphatic carbocycles. The predicted molar refractivity (Wildman–Crippen MR) is 87.5 cm³/mol. The van der Waals surface area contributed by atoms with Crippen molar-refractivity contribution in [1.29, 1.82) is 0 Å². The first-order valence-corrected chi connectivity index (χ1v) is 8.74. The third kappa shape index (κ3) is 6.12. The Morgan fingerprint density at radius 1 is 0.882 bits per heavy atom. The van der Waals surface area contributed by atoms with Crippen molar-refractivity contribution >= 4 is 11.9 Å². The minimum Gasteiger partial charge on any atom is -0.507 e. The van der Waals surface area contributed by atoms with E-state index in [1.54, 1.807) is 0 Å². The van der Waals surface area contributed by atoms with Crippen LogP contribution in [0.15, 0.2) is 12.1 Å². The van der Waals surface area contributed by atoms with E-state index in [1.807, 2.05) is 0 Å². The average molecular weight is 520 g/mol. The van der Waals surface area contributed by atoms with Gasteiger partial charge in [-0.05, 0) is 26.0 Å². The Balaban J connectivity index is 3.40. The Hall–Kier alpha value is -2.98. The van der Waals surface area contributed by atoms with Gasteiger partial charge < -0.3 is 19.3 Å². The second kappa shape index (κ2) is 10.1. The predicted octanol–water partition coefficient (Wildman–Crippen LogP) is 4.82. The van der Waals surface area contributed by atoms with Crippen LogP contribution in [-0.2, 0) is 14.2 Å². The first-order chi connectivity index (χ1) is 15.3.